The van der Waals surface area contributed by atoms with Crippen molar-refractivity contribution in [1.29, 1.82) is 0 Å². The second-order valence-electron chi connectivity index (χ2n) is 9.57. The Morgan fingerprint density at radius 1 is 0.900 bits per heavy atom. The quantitative estimate of drug-likeness (QED) is 0.363. The lowest BCUT2D eigenvalue weighted by molar-refractivity contribution is -0.127. The molecule has 0 saturated carbocycles. The fourth-order valence-electron chi connectivity index (χ4n) is 4.71. The van der Waals surface area contributed by atoms with Crippen molar-refractivity contribution < 1.29 is 31.1 Å². The first-order valence-electron chi connectivity index (χ1n) is 13.0. The van der Waals surface area contributed by atoms with E-state index in [4.69, 9.17) is 9.47 Å². The Kier molecular flexibility index (Phi) is 8.29. The van der Waals surface area contributed by atoms with Crippen LogP contribution in [0.25, 0.3) is 0 Å². The Labute approximate surface area is 234 Å². The Morgan fingerprint density at radius 2 is 1.57 bits per heavy atom. The molecule has 2 aliphatic rings. The number of para-hydroxylation sites is 2. The summed E-state index contributed by atoms with van der Waals surface area (Å²) in [4.78, 5) is 13.2. The Bertz CT molecular complexity index is 1540. The number of sulfonamides is 2. The summed E-state index contributed by atoms with van der Waals surface area (Å²) in [5.41, 5.74) is 1.03. The molecule has 0 unspecified atom stereocenters. The third-order valence-corrected chi connectivity index (χ3v) is 10.4. The highest BCUT2D eigenvalue weighted by molar-refractivity contribution is 7.92. The lowest BCUT2D eigenvalue weighted by Crippen LogP contribution is -2.51. The van der Waals surface area contributed by atoms with Gasteiger partial charge >= 0.3 is 0 Å². The normalized spacial score (nSPS) is 17.6. The molecule has 0 aliphatic carbocycles. The number of carbonyl (C=O) groups excluding carboxylic acids is 1. The molecule has 0 radical (unpaired) electrons. The number of nitrogens with one attached hydrogen (secondary N) is 1. The van der Waals surface area contributed by atoms with Crippen molar-refractivity contribution in [3.05, 3.63) is 84.4 Å². The van der Waals surface area contributed by atoms with Crippen molar-refractivity contribution in [3.63, 3.8) is 0 Å². The van der Waals surface area contributed by atoms with Crippen LogP contribution in [0, 0.1) is 0 Å². The van der Waals surface area contributed by atoms with E-state index < -0.39 is 32.1 Å². The van der Waals surface area contributed by atoms with Crippen LogP contribution in [0.1, 0.15) is 18.4 Å². The Balaban J connectivity index is 1.17. The molecule has 1 saturated heterocycles. The van der Waals surface area contributed by atoms with E-state index in [1.165, 1.54) is 20.7 Å². The summed E-state index contributed by atoms with van der Waals surface area (Å²) in [5, 5.41) is 2.73. The highest BCUT2D eigenvalue weighted by Crippen LogP contribution is 2.35. The van der Waals surface area contributed by atoms with Gasteiger partial charge in [-0.1, -0.05) is 42.5 Å². The van der Waals surface area contributed by atoms with Gasteiger partial charge in [0.05, 0.1) is 29.4 Å². The molecule has 0 aromatic heterocycles. The van der Waals surface area contributed by atoms with Crippen LogP contribution in [0.4, 0.5) is 5.69 Å². The molecule has 0 spiro atoms. The summed E-state index contributed by atoms with van der Waals surface area (Å²) in [6, 6.07) is 21.8. The number of rotatable bonds is 10. The summed E-state index contributed by atoms with van der Waals surface area (Å²) in [7, 11) is -7.29. The van der Waals surface area contributed by atoms with Gasteiger partial charge in [-0.25, -0.2) is 16.8 Å². The predicted molar refractivity (Wildman–Crippen MR) is 150 cm³/mol. The van der Waals surface area contributed by atoms with E-state index in [0.29, 0.717) is 35.8 Å². The van der Waals surface area contributed by atoms with Gasteiger partial charge in [-0.15, -0.1) is 0 Å². The molecule has 1 fully saturated rings. The predicted octanol–water partition coefficient (Wildman–Crippen LogP) is 2.76. The summed E-state index contributed by atoms with van der Waals surface area (Å²) in [6.07, 6.45) is 0.688. The van der Waals surface area contributed by atoms with E-state index >= 15 is 0 Å². The first-order chi connectivity index (χ1) is 19.2. The number of ether oxygens (including phenoxy) is 2. The average molecular weight is 586 g/mol. The molecule has 5 rings (SSSR count). The molecule has 40 heavy (non-hydrogen) atoms. The highest BCUT2D eigenvalue weighted by Gasteiger charge is 2.36. The number of fused-ring (bicyclic) bond motifs is 1. The lowest BCUT2D eigenvalue weighted by atomic mass is 10.2. The van der Waals surface area contributed by atoms with E-state index in [1.807, 2.05) is 6.07 Å². The molecular formula is C28H31N3O7S2. The van der Waals surface area contributed by atoms with Crippen LogP contribution in [0.3, 0.4) is 0 Å². The number of carbonyl (C=O) groups is 1. The summed E-state index contributed by atoms with van der Waals surface area (Å²) >= 11 is 0. The largest absolute Gasteiger partial charge is 0.492 e. The molecule has 12 heteroatoms. The molecule has 3 aromatic carbocycles. The summed E-state index contributed by atoms with van der Waals surface area (Å²) in [6.45, 7) is 1.18. The SMILES string of the molecule is O=C(NCCOc1ccc(S(=O)(=O)N2CCCC2)cc1)[C@H]1CN(S(=O)(=O)Cc2ccccc2)c2ccccc2O1. The number of hydrogen-bond donors (Lipinski definition) is 1. The standard InChI is InChI=1S/C28H31N3O7S2/c32-28(29-16-19-37-23-12-14-24(15-13-23)40(35,36)30-17-6-7-18-30)27-20-31(25-10-4-5-11-26(25)38-27)39(33,34)21-22-8-2-1-3-9-22/h1-5,8-15,27H,6-7,16-21H2,(H,29,32)/t27-/m1/s1. The van der Waals surface area contributed by atoms with Crippen LogP contribution in [-0.2, 0) is 30.6 Å². The molecule has 2 aliphatic heterocycles. The topological polar surface area (TPSA) is 122 Å². The van der Waals surface area contributed by atoms with Crippen molar-refractivity contribution in [1.82, 2.24) is 9.62 Å². The van der Waals surface area contributed by atoms with Crippen molar-refractivity contribution in [2.24, 2.45) is 0 Å². The molecule has 3 aromatic rings. The van der Waals surface area contributed by atoms with E-state index in [-0.39, 0.29) is 30.3 Å². The highest BCUT2D eigenvalue weighted by atomic mass is 32.2. The Morgan fingerprint density at radius 3 is 2.30 bits per heavy atom. The number of anilines is 1. The monoisotopic (exact) mass is 585 g/mol. The van der Waals surface area contributed by atoms with Crippen LogP contribution in [-0.4, -0.2) is 65.9 Å². The van der Waals surface area contributed by atoms with Crippen molar-refractivity contribution >= 4 is 31.6 Å². The second-order valence-corrected chi connectivity index (χ2v) is 13.4. The minimum Gasteiger partial charge on any atom is -0.492 e. The van der Waals surface area contributed by atoms with Crippen molar-refractivity contribution in [2.45, 2.75) is 29.6 Å². The fraction of sp³-hybridized carbons (Fsp3) is 0.321. The fourth-order valence-corrected chi connectivity index (χ4v) is 7.81. The minimum absolute atomic E-state index is 0.128. The van der Waals surface area contributed by atoms with Gasteiger partial charge in [-0.05, 0) is 54.8 Å². The molecule has 1 amide bonds. The molecular weight excluding hydrogens is 554 g/mol. The molecule has 2 heterocycles. The third-order valence-electron chi connectivity index (χ3n) is 6.75. The maximum absolute atomic E-state index is 13.3. The first-order valence-corrected chi connectivity index (χ1v) is 16.1. The zero-order valence-corrected chi connectivity index (χ0v) is 23.4. The first kappa shape index (κ1) is 27.9. The van der Waals surface area contributed by atoms with Gasteiger partial charge < -0.3 is 14.8 Å². The summed E-state index contributed by atoms with van der Waals surface area (Å²) in [5.74, 6) is 0.106. The van der Waals surface area contributed by atoms with E-state index in [2.05, 4.69) is 5.32 Å². The number of benzene rings is 3. The number of hydrogen-bond acceptors (Lipinski definition) is 7. The van der Waals surface area contributed by atoms with Crippen LogP contribution < -0.4 is 19.1 Å². The molecule has 1 N–H and O–H groups in total. The van der Waals surface area contributed by atoms with E-state index in [9.17, 15) is 21.6 Å². The van der Waals surface area contributed by atoms with Crippen LogP contribution in [0.5, 0.6) is 11.5 Å². The minimum atomic E-state index is -3.79. The average Bonchev–Trinajstić information content (AvgIpc) is 3.51. The maximum Gasteiger partial charge on any atom is 0.263 e. The molecule has 1 atom stereocenters. The van der Waals surface area contributed by atoms with Gasteiger partial charge in [0.15, 0.2) is 6.10 Å². The number of nitrogens with zero attached hydrogens (tertiary/aromatic N) is 2. The van der Waals surface area contributed by atoms with Gasteiger partial charge in [-0.3, -0.25) is 9.10 Å². The Hall–Kier alpha value is -3.61. The zero-order valence-electron chi connectivity index (χ0n) is 21.8. The van der Waals surface area contributed by atoms with Crippen LogP contribution in [0.15, 0.2) is 83.8 Å². The van der Waals surface area contributed by atoms with Gasteiger partial charge in [0.1, 0.15) is 18.1 Å². The van der Waals surface area contributed by atoms with Gasteiger partial charge in [0.25, 0.3) is 5.91 Å². The smallest absolute Gasteiger partial charge is 0.263 e. The molecule has 10 nitrogen and oxygen atoms in total. The van der Waals surface area contributed by atoms with Crippen molar-refractivity contribution in [2.75, 3.05) is 37.1 Å². The second kappa shape index (κ2) is 11.9. The van der Waals surface area contributed by atoms with Crippen LogP contribution in [0.2, 0.25) is 0 Å². The van der Waals surface area contributed by atoms with E-state index in [1.54, 1.807) is 60.7 Å². The van der Waals surface area contributed by atoms with Crippen molar-refractivity contribution in [3.8, 4) is 11.5 Å². The lowest BCUT2D eigenvalue weighted by Gasteiger charge is -2.34. The maximum atomic E-state index is 13.3. The number of amides is 1. The van der Waals surface area contributed by atoms with Crippen LogP contribution >= 0.6 is 0 Å². The zero-order chi connectivity index (χ0) is 28.2. The third kappa shape index (κ3) is 6.24. The molecule has 212 valence electrons. The van der Waals surface area contributed by atoms with Gasteiger partial charge in [-0.2, -0.15) is 4.31 Å². The van der Waals surface area contributed by atoms with Gasteiger partial charge in [0.2, 0.25) is 20.0 Å². The van der Waals surface area contributed by atoms with E-state index in [0.717, 1.165) is 12.8 Å². The summed E-state index contributed by atoms with van der Waals surface area (Å²) < 4.78 is 66.3. The molecule has 0 bridgehead atoms. The van der Waals surface area contributed by atoms with Gasteiger partial charge in [0, 0.05) is 13.1 Å².